The third-order valence-corrected chi connectivity index (χ3v) is 2.42. The van der Waals surface area contributed by atoms with Gasteiger partial charge in [0.25, 0.3) is 0 Å². The summed E-state index contributed by atoms with van der Waals surface area (Å²) in [5, 5.41) is 3.31. The number of terminal acetylenes is 1. The van der Waals surface area contributed by atoms with Gasteiger partial charge in [0.15, 0.2) is 0 Å². The second-order valence-corrected chi connectivity index (χ2v) is 3.57. The maximum Gasteiger partial charge on any atom is 0.0946 e. The van der Waals surface area contributed by atoms with Crippen LogP contribution < -0.4 is 5.32 Å². The van der Waals surface area contributed by atoms with E-state index in [0.29, 0.717) is 0 Å². The molecule has 0 atom stereocenters. The van der Waals surface area contributed by atoms with Crippen LogP contribution in [0.5, 0.6) is 0 Å². The van der Waals surface area contributed by atoms with Gasteiger partial charge in [-0.25, -0.2) is 4.98 Å². The lowest BCUT2D eigenvalue weighted by Gasteiger charge is -2.06. The van der Waals surface area contributed by atoms with Gasteiger partial charge in [0.2, 0.25) is 0 Å². The Labute approximate surface area is 95.1 Å². The van der Waals surface area contributed by atoms with Crippen molar-refractivity contribution in [3.05, 3.63) is 48.0 Å². The Bertz CT molecular complexity index is 520. The van der Waals surface area contributed by atoms with Crippen molar-refractivity contribution in [2.45, 2.75) is 6.54 Å². The second kappa shape index (κ2) is 4.54. The van der Waals surface area contributed by atoms with E-state index in [1.54, 1.807) is 6.33 Å². The fourth-order valence-corrected chi connectivity index (χ4v) is 1.47. The summed E-state index contributed by atoms with van der Waals surface area (Å²) in [7, 11) is 1.97. The zero-order valence-electron chi connectivity index (χ0n) is 9.14. The van der Waals surface area contributed by atoms with Crippen LogP contribution in [0.2, 0.25) is 0 Å². The van der Waals surface area contributed by atoms with Crippen molar-refractivity contribution >= 4 is 5.69 Å². The zero-order valence-corrected chi connectivity index (χ0v) is 9.14. The molecule has 0 unspecified atom stereocenters. The molecule has 1 N–H and O–H groups in total. The van der Waals surface area contributed by atoms with Crippen LogP contribution in [0.25, 0.3) is 0 Å². The van der Waals surface area contributed by atoms with Crippen LogP contribution in [0.15, 0.2) is 36.8 Å². The highest BCUT2D eigenvalue weighted by molar-refractivity contribution is 5.50. The first kappa shape index (κ1) is 10.3. The lowest BCUT2D eigenvalue weighted by Crippen LogP contribution is -2.03. The van der Waals surface area contributed by atoms with Crippen LogP contribution in [-0.2, 0) is 13.6 Å². The topological polar surface area (TPSA) is 29.9 Å². The van der Waals surface area contributed by atoms with Gasteiger partial charge in [0.05, 0.1) is 18.6 Å². The third kappa shape index (κ3) is 2.23. The Balaban J connectivity index is 2.05. The van der Waals surface area contributed by atoms with Crippen molar-refractivity contribution in [2.24, 2.45) is 7.05 Å². The molecule has 0 amide bonds. The highest BCUT2D eigenvalue weighted by Gasteiger charge is 1.98. The molecule has 3 nitrogen and oxygen atoms in total. The number of imidazole rings is 1. The zero-order chi connectivity index (χ0) is 11.4. The molecule has 0 saturated carbocycles. The number of hydrogen-bond acceptors (Lipinski definition) is 2. The van der Waals surface area contributed by atoms with Gasteiger partial charge < -0.3 is 9.88 Å². The molecule has 2 aromatic rings. The molecule has 1 aromatic carbocycles. The number of aryl methyl sites for hydroxylation is 1. The van der Waals surface area contributed by atoms with Crippen LogP contribution in [0.3, 0.4) is 0 Å². The van der Waals surface area contributed by atoms with Crippen LogP contribution in [0, 0.1) is 12.3 Å². The van der Waals surface area contributed by atoms with Gasteiger partial charge in [0, 0.05) is 24.5 Å². The van der Waals surface area contributed by atoms with Crippen molar-refractivity contribution in [3.8, 4) is 12.3 Å². The van der Waals surface area contributed by atoms with Crippen LogP contribution in [-0.4, -0.2) is 9.55 Å². The quantitative estimate of drug-likeness (QED) is 0.787. The summed E-state index contributed by atoms with van der Waals surface area (Å²) in [5.74, 6) is 2.61. The molecule has 80 valence electrons. The Kier molecular flexibility index (Phi) is 2.93. The molecule has 0 spiro atoms. The first-order valence-electron chi connectivity index (χ1n) is 5.05. The van der Waals surface area contributed by atoms with E-state index < -0.39 is 0 Å². The summed E-state index contributed by atoms with van der Waals surface area (Å²) in [5.41, 5.74) is 3.04. The fourth-order valence-electron chi connectivity index (χ4n) is 1.47. The third-order valence-electron chi connectivity index (χ3n) is 2.42. The van der Waals surface area contributed by atoms with Crippen molar-refractivity contribution in [3.63, 3.8) is 0 Å². The van der Waals surface area contributed by atoms with E-state index in [4.69, 9.17) is 6.42 Å². The number of anilines is 1. The van der Waals surface area contributed by atoms with Crippen LogP contribution >= 0.6 is 0 Å². The minimum atomic E-state index is 0.741. The van der Waals surface area contributed by atoms with Gasteiger partial charge >= 0.3 is 0 Å². The second-order valence-electron chi connectivity index (χ2n) is 3.57. The summed E-state index contributed by atoms with van der Waals surface area (Å²) in [6, 6.07) is 7.81. The molecule has 0 aliphatic heterocycles. The summed E-state index contributed by atoms with van der Waals surface area (Å²) in [4.78, 5) is 4.06. The van der Waals surface area contributed by atoms with Crippen LogP contribution in [0.4, 0.5) is 5.69 Å². The van der Waals surface area contributed by atoms with Gasteiger partial charge in [-0.3, -0.25) is 0 Å². The average molecular weight is 211 g/mol. The van der Waals surface area contributed by atoms with Crippen LogP contribution in [0.1, 0.15) is 11.3 Å². The van der Waals surface area contributed by atoms with Crippen molar-refractivity contribution in [1.29, 1.82) is 0 Å². The highest BCUT2D eigenvalue weighted by Crippen LogP contribution is 2.11. The van der Waals surface area contributed by atoms with E-state index in [2.05, 4.69) is 16.2 Å². The smallest absolute Gasteiger partial charge is 0.0946 e. The van der Waals surface area contributed by atoms with Gasteiger partial charge in [0.1, 0.15) is 0 Å². The molecule has 0 aliphatic carbocycles. The highest BCUT2D eigenvalue weighted by atomic mass is 15.0. The molecule has 0 fully saturated rings. The maximum absolute atomic E-state index is 5.34. The molecular formula is C13H13N3. The van der Waals surface area contributed by atoms with Crippen molar-refractivity contribution in [1.82, 2.24) is 9.55 Å². The summed E-state index contributed by atoms with van der Waals surface area (Å²) in [6.45, 7) is 0.741. The average Bonchev–Trinajstić information content (AvgIpc) is 2.72. The number of aromatic nitrogens is 2. The normalized spacial score (nSPS) is 9.75. The molecule has 16 heavy (non-hydrogen) atoms. The Morgan fingerprint density at radius 2 is 2.38 bits per heavy atom. The molecule has 3 heteroatoms. The lowest BCUT2D eigenvalue weighted by atomic mass is 10.2. The summed E-state index contributed by atoms with van der Waals surface area (Å²) < 4.78 is 1.98. The predicted octanol–water partition coefficient (Wildman–Crippen LogP) is 2.01. The van der Waals surface area contributed by atoms with E-state index in [0.717, 1.165) is 23.5 Å². The molecule has 1 aromatic heterocycles. The minimum absolute atomic E-state index is 0.741. The Morgan fingerprint density at radius 3 is 3.06 bits per heavy atom. The van der Waals surface area contributed by atoms with Crippen molar-refractivity contribution < 1.29 is 0 Å². The Morgan fingerprint density at radius 1 is 1.50 bits per heavy atom. The predicted molar refractivity (Wildman–Crippen MR) is 64.9 cm³/mol. The van der Waals surface area contributed by atoms with E-state index in [1.807, 2.05) is 42.1 Å². The fraction of sp³-hybridized carbons (Fsp3) is 0.154. The SMILES string of the molecule is C#Cc1cccc(NCc2cncn2C)c1. The number of benzene rings is 1. The number of hydrogen-bond donors (Lipinski definition) is 1. The molecule has 0 bridgehead atoms. The molecule has 0 aliphatic rings. The standard InChI is InChI=1S/C13H13N3/c1-3-11-5-4-6-12(7-11)15-9-13-8-14-10-16(13)2/h1,4-8,10,15H,9H2,2H3. The van der Waals surface area contributed by atoms with Gasteiger partial charge in [-0.2, -0.15) is 0 Å². The molecule has 0 radical (unpaired) electrons. The molecule has 0 saturated heterocycles. The first-order valence-corrected chi connectivity index (χ1v) is 5.05. The number of rotatable bonds is 3. The van der Waals surface area contributed by atoms with E-state index in [9.17, 15) is 0 Å². The van der Waals surface area contributed by atoms with E-state index in [1.165, 1.54) is 0 Å². The number of nitrogens with one attached hydrogen (secondary N) is 1. The van der Waals surface area contributed by atoms with E-state index >= 15 is 0 Å². The molecular weight excluding hydrogens is 198 g/mol. The monoisotopic (exact) mass is 211 g/mol. The number of nitrogens with zero attached hydrogens (tertiary/aromatic N) is 2. The molecule has 2 rings (SSSR count). The Hall–Kier alpha value is -2.21. The molecule has 1 heterocycles. The summed E-state index contributed by atoms with van der Waals surface area (Å²) >= 11 is 0. The largest absolute Gasteiger partial charge is 0.379 e. The first-order chi connectivity index (χ1) is 7.79. The van der Waals surface area contributed by atoms with Crippen molar-refractivity contribution in [2.75, 3.05) is 5.32 Å². The minimum Gasteiger partial charge on any atom is -0.379 e. The maximum atomic E-state index is 5.34. The van der Waals surface area contributed by atoms with Gasteiger partial charge in [-0.15, -0.1) is 6.42 Å². The lowest BCUT2D eigenvalue weighted by molar-refractivity contribution is 0.837. The summed E-state index contributed by atoms with van der Waals surface area (Å²) in [6.07, 6.45) is 8.97. The van der Waals surface area contributed by atoms with Gasteiger partial charge in [-0.1, -0.05) is 12.0 Å². The van der Waals surface area contributed by atoms with Gasteiger partial charge in [-0.05, 0) is 18.2 Å². The van der Waals surface area contributed by atoms with E-state index in [-0.39, 0.29) is 0 Å².